The molecule has 0 amide bonds. The lowest BCUT2D eigenvalue weighted by atomic mass is 10.0. The van der Waals surface area contributed by atoms with Gasteiger partial charge in [-0.25, -0.2) is 0 Å². The number of hydroxylamine groups is 1. The molecule has 2 heterocycles. The molecule has 3 rings (SSSR count). The summed E-state index contributed by atoms with van der Waals surface area (Å²) in [4.78, 5) is 5.65. The van der Waals surface area contributed by atoms with Gasteiger partial charge in [-0.2, -0.15) is 5.26 Å². The molecule has 0 saturated carbocycles. The van der Waals surface area contributed by atoms with Crippen molar-refractivity contribution in [1.82, 2.24) is 5.48 Å². The summed E-state index contributed by atoms with van der Waals surface area (Å²) in [6.45, 7) is 1.22. The SMILES string of the molecule is COc1ccc(C2=CC3(CCOC3)ON2)cc1OCC#N. The number of ether oxygens (including phenoxy) is 3. The topological polar surface area (TPSA) is 72.7 Å². The first kappa shape index (κ1) is 13.7. The minimum Gasteiger partial charge on any atom is -0.493 e. The molecule has 1 N–H and O–H groups in total. The standard InChI is InChI=1S/C15H16N2O4/c1-18-13-3-2-11(8-14(13)20-7-5-16)12-9-15(21-17-12)4-6-19-10-15/h2-3,8-9,17H,4,6-7,10H2,1H3. The van der Waals surface area contributed by atoms with Gasteiger partial charge < -0.3 is 14.2 Å². The summed E-state index contributed by atoms with van der Waals surface area (Å²) in [6, 6.07) is 7.49. The Morgan fingerprint density at radius 3 is 3.05 bits per heavy atom. The van der Waals surface area contributed by atoms with Crippen molar-refractivity contribution >= 4 is 5.70 Å². The smallest absolute Gasteiger partial charge is 0.174 e. The molecule has 1 aromatic rings. The lowest BCUT2D eigenvalue weighted by Crippen LogP contribution is -2.29. The highest BCUT2D eigenvalue weighted by molar-refractivity contribution is 5.68. The molecular weight excluding hydrogens is 272 g/mol. The lowest BCUT2D eigenvalue weighted by molar-refractivity contribution is -0.0373. The van der Waals surface area contributed by atoms with Crippen molar-refractivity contribution in [1.29, 1.82) is 5.26 Å². The summed E-state index contributed by atoms with van der Waals surface area (Å²) in [5, 5.41) is 8.64. The molecule has 6 nitrogen and oxygen atoms in total. The second-order valence-corrected chi connectivity index (χ2v) is 4.94. The summed E-state index contributed by atoms with van der Waals surface area (Å²) in [7, 11) is 1.56. The molecular formula is C15H16N2O4. The van der Waals surface area contributed by atoms with E-state index < -0.39 is 0 Å². The number of nitriles is 1. The van der Waals surface area contributed by atoms with E-state index in [1.165, 1.54) is 0 Å². The quantitative estimate of drug-likeness (QED) is 0.908. The van der Waals surface area contributed by atoms with Gasteiger partial charge in [0.15, 0.2) is 18.1 Å². The zero-order valence-corrected chi connectivity index (χ0v) is 11.7. The highest BCUT2D eigenvalue weighted by Gasteiger charge is 2.39. The predicted molar refractivity (Wildman–Crippen MR) is 74.5 cm³/mol. The van der Waals surface area contributed by atoms with E-state index in [9.17, 15) is 0 Å². The Labute approximate surface area is 122 Å². The number of hydrogen-bond donors (Lipinski definition) is 1. The molecule has 1 unspecified atom stereocenters. The van der Waals surface area contributed by atoms with E-state index in [-0.39, 0.29) is 12.2 Å². The highest BCUT2D eigenvalue weighted by atomic mass is 16.7. The Morgan fingerprint density at radius 2 is 2.33 bits per heavy atom. The van der Waals surface area contributed by atoms with E-state index in [1.807, 2.05) is 24.3 Å². The van der Waals surface area contributed by atoms with Gasteiger partial charge in [0.05, 0.1) is 19.4 Å². The summed E-state index contributed by atoms with van der Waals surface area (Å²) < 4.78 is 16.0. The Morgan fingerprint density at radius 1 is 1.43 bits per heavy atom. The summed E-state index contributed by atoms with van der Waals surface area (Å²) >= 11 is 0. The number of nitrogens with one attached hydrogen (secondary N) is 1. The highest BCUT2D eigenvalue weighted by Crippen LogP contribution is 2.35. The number of rotatable bonds is 4. The zero-order chi connectivity index (χ0) is 14.7. The van der Waals surface area contributed by atoms with Crippen molar-refractivity contribution in [3.05, 3.63) is 29.8 Å². The maximum absolute atomic E-state index is 8.64. The minimum absolute atomic E-state index is 0.0272. The van der Waals surface area contributed by atoms with Gasteiger partial charge in [-0.3, -0.25) is 10.3 Å². The average molecular weight is 288 g/mol. The molecule has 1 spiro atoms. The average Bonchev–Trinajstić information content (AvgIpc) is 3.15. The number of hydrogen-bond acceptors (Lipinski definition) is 6. The summed E-state index contributed by atoms with van der Waals surface area (Å²) in [5.74, 6) is 1.12. The molecule has 0 radical (unpaired) electrons. The summed E-state index contributed by atoms with van der Waals surface area (Å²) in [6.07, 6.45) is 2.87. The second kappa shape index (κ2) is 5.64. The van der Waals surface area contributed by atoms with Crippen LogP contribution in [0.3, 0.4) is 0 Å². The van der Waals surface area contributed by atoms with Gasteiger partial charge >= 0.3 is 0 Å². The van der Waals surface area contributed by atoms with E-state index in [0.29, 0.717) is 24.7 Å². The third-order valence-corrected chi connectivity index (χ3v) is 3.55. The fourth-order valence-corrected chi connectivity index (χ4v) is 2.44. The molecule has 1 atom stereocenters. The molecule has 1 saturated heterocycles. The van der Waals surface area contributed by atoms with Crippen molar-refractivity contribution in [3.63, 3.8) is 0 Å². The van der Waals surface area contributed by atoms with Crippen LogP contribution in [0.15, 0.2) is 24.3 Å². The molecule has 1 aromatic carbocycles. The Bertz CT molecular complexity index is 600. The van der Waals surface area contributed by atoms with Crippen LogP contribution in [0, 0.1) is 11.3 Å². The monoisotopic (exact) mass is 288 g/mol. The third kappa shape index (κ3) is 2.66. The van der Waals surface area contributed by atoms with Gasteiger partial charge in [0.1, 0.15) is 11.7 Å². The predicted octanol–water partition coefficient (Wildman–Crippen LogP) is 1.63. The Kier molecular flexibility index (Phi) is 3.69. The van der Waals surface area contributed by atoms with Gasteiger partial charge in [-0.05, 0) is 24.3 Å². The molecule has 6 heteroatoms. The van der Waals surface area contributed by atoms with Crippen LogP contribution < -0.4 is 15.0 Å². The van der Waals surface area contributed by atoms with Crippen molar-refractivity contribution < 1.29 is 19.0 Å². The first-order chi connectivity index (χ1) is 10.3. The molecule has 0 aromatic heterocycles. The van der Waals surface area contributed by atoms with E-state index in [4.69, 9.17) is 24.3 Å². The van der Waals surface area contributed by atoms with Crippen LogP contribution in [0.1, 0.15) is 12.0 Å². The van der Waals surface area contributed by atoms with E-state index in [2.05, 4.69) is 5.48 Å². The lowest BCUT2D eigenvalue weighted by Gasteiger charge is -2.15. The van der Waals surface area contributed by atoms with Crippen LogP contribution in [-0.2, 0) is 9.57 Å². The van der Waals surface area contributed by atoms with Crippen LogP contribution in [-0.4, -0.2) is 32.5 Å². The molecule has 1 fully saturated rings. The molecule has 0 bridgehead atoms. The van der Waals surface area contributed by atoms with E-state index in [1.54, 1.807) is 13.2 Å². The van der Waals surface area contributed by atoms with Crippen molar-refractivity contribution in [3.8, 4) is 17.6 Å². The van der Waals surface area contributed by atoms with Crippen LogP contribution in [0.25, 0.3) is 5.70 Å². The molecule has 2 aliphatic rings. The first-order valence-corrected chi connectivity index (χ1v) is 6.69. The second-order valence-electron chi connectivity index (χ2n) is 4.94. The Balaban J connectivity index is 1.87. The third-order valence-electron chi connectivity index (χ3n) is 3.55. The zero-order valence-electron chi connectivity index (χ0n) is 11.7. The Hall–Kier alpha value is -2.23. The van der Waals surface area contributed by atoms with Crippen molar-refractivity contribution in [2.75, 3.05) is 26.9 Å². The van der Waals surface area contributed by atoms with E-state index in [0.717, 1.165) is 17.7 Å². The van der Waals surface area contributed by atoms with Crippen LogP contribution in [0.4, 0.5) is 0 Å². The fraction of sp³-hybridized carbons (Fsp3) is 0.400. The van der Waals surface area contributed by atoms with Gasteiger partial charge in [0, 0.05) is 18.6 Å². The maximum Gasteiger partial charge on any atom is 0.174 e. The van der Waals surface area contributed by atoms with Gasteiger partial charge in [0.2, 0.25) is 0 Å². The molecule has 2 aliphatic heterocycles. The van der Waals surface area contributed by atoms with Crippen molar-refractivity contribution in [2.24, 2.45) is 0 Å². The van der Waals surface area contributed by atoms with Gasteiger partial charge in [-0.1, -0.05) is 0 Å². The van der Waals surface area contributed by atoms with Crippen LogP contribution >= 0.6 is 0 Å². The normalized spacial score (nSPS) is 23.5. The molecule has 21 heavy (non-hydrogen) atoms. The largest absolute Gasteiger partial charge is 0.493 e. The maximum atomic E-state index is 8.64. The summed E-state index contributed by atoms with van der Waals surface area (Å²) in [5.41, 5.74) is 4.35. The van der Waals surface area contributed by atoms with Gasteiger partial charge in [0.25, 0.3) is 0 Å². The van der Waals surface area contributed by atoms with E-state index >= 15 is 0 Å². The van der Waals surface area contributed by atoms with Crippen LogP contribution in [0.2, 0.25) is 0 Å². The fourth-order valence-electron chi connectivity index (χ4n) is 2.44. The minimum atomic E-state index is -0.372. The van der Waals surface area contributed by atoms with Crippen LogP contribution in [0.5, 0.6) is 11.5 Å². The first-order valence-electron chi connectivity index (χ1n) is 6.69. The number of methoxy groups -OCH3 is 1. The van der Waals surface area contributed by atoms with Crippen molar-refractivity contribution in [2.45, 2.75) is 12.0 Å². The number of benzene rings is 1. The van der Waals surface area contributed by atoms with Gasteiger partial charge in [-0.15, -0.1) is 0 Å². The molecule has 110 valence electrons. The number of nitrogens with zero attached hydrogens (tertiary/aromatic N) is 1. The molecule has 0 aliphatic carbocycles.